The van der Waals surface area contributed by atoms with Crippen LogP contribution in [0.1, 0.15) is 43.0 Å². The number of benzene rings is 1. The molecule has 0 radical (unpaired) electrons. The molecule has 3 rings (SSSR count). The van der Waals surface area contributed by atoms with Gasteiger partial charge in [0.25, 0.3) is 5.91 Å². The lowest BCUT2D eigenvalue weighted by atomic mass is 9.86. The molecule has 0 unspecified atom stereocenters. The molecule has 0 bridgehead atoms. The summed E-state index contributed by atoms with van der Waals surface area (Å²) in [7, 11) is 0. The molecule has 1 saturated heterocycles. The maximum Gasteiger partial charge on any atom is 0.253 e. The molecule has 2 aliphatic rings. The van der Waals surface area contributed by atoms with Crippen molar-refractivity contribution in [1.29, 1.82) is 0 Å². The van der Waals surface area contributed by atoms with Crippen LogP contribution in [0.2, 0.25) is 5.02 Å². The third-order valence-corrected chi connectivity index (χ3v) is 5.41. The zero-order valence-electron chi connectivity index (χ0n) is 13.3. The van der Waals surface area contributed by atoms with Crippen molar-refractivity contribution in [2.24, 2.45) is 5.92 Å². The van der Waals surface area contributed by atoms with Crippen molar-refractivity contribution in [2.75, 3.05) is 26.2 Å². The highest BCUT2D eigenvalue weighted by Crippen LogP contribution is 2.27. The summed E-state index contributed by atoms with van der Waals surface area (Å²) >= 11 is 5.99. The van der Waals surface area contributed by atoms with E-state index in [1.807, 2.05) is 17.0 Å². The minimum atomic E-state index is 0.111. The van der Waals surface area contributed by atoms with Crippen LogP contribution in [0.25, 0.3) is 0 Å². The van der Waals surface area contributed by atoms with E-state index in [4.69, 9.17) is 11.6 Å². The van der Waals surface area contributed by atoms with Crippen molar-refractivity contribution >= 4 is 17.5 Å². The summed E-state index contributed by atoms with van der Waals surface area (Å²) in [5.41, 5.74) is 0.701. The smallest absolute Gasteiger partial charge is 0.253 e. The van der Waals surface area contributed by atoms with E-state index in [2.05, 4.69) is 11.8 Å². The van der Waals surface area contributed by atoms with Crippen LogP contribution in [-0.2, 0) is 0 Å². The molecule has 1 aliphatic heterocycles. The number of halogens is 1. The Kier molecular flexibility index (Phi) is 5.04. The average molecular weight is 321 g/mol. The molecule has 0 atom stereocenters. The Morgan fingerprint density at radius 2 is 1.77 bits per heavy atom. The molecule has 1 saturated carbocycles. The quantitative estimate of drug-likeness (QED) is 0.830. The largest absolute Gasteiger partial charge is 0.336 e. The van der Waals surface area contributed by atoms with Crippen LogP contribution < -0.4 is 0 Å². The Labute approximate surface area is 138 Å². The molecule has 1 aliphatic carbocycles. The first-order valence-electron chi connectivity index (χ1n) is 8.42. The summed E-state index contributed by atoms with van der Waals surface area (Å²) in [5.74, 6) is 1.00. The van der Waals surface area contributed by atoms with E-state index in [1.54, 1.807) is 12.1 Å². The molecule has 2 fully saturated rings. The Balaban J connectivity index is 1.54. The van der Waals surface area contributed by atoms with Crippen molar-refractivity contribution in [3.63, 3.8) is 0 Å². The van der Waals surface area contributed by atoms with Gasteiger partial charge in [0.2, 0.25) is 0 Å². The molecule has 0 N–H and O–H groups in total. The van der Waals surface area contributed by atoms with Gasteiger partial charge >= 0.3 is 0 Å². The number of hydrogen-bond acceptors (Lipinski definition) is 2. The van der Waals surface area contributed by atoms with Crippen molar-refractivity contribution in [3.8, 4) is 0 Å². The van der Waals surface area contributed by atoms with Crippen LogP contribution >= 0.6 is 11.6 Å². The average Bonchev–Trinajstić information content (AvgIpc) is 2.55. The fraction of sp³-hybridized carbons (Fsp3) is 0.611. The fourth-order valence-corrected chi connectivity index (χ4v) is 3.89. The van der Waals surface area contributed by atoms with E-state index in [0.717, 1.165) is 38.1 Å². The summed E-state index contributed by atoms with van der Waals surface area (Å²) in [6, 6.07) is 8.00. The van der Waals surface area contributed by atoms with E-state index in [1.165, 1.54) is 25.7 Å². The summed E-state index contributed by atoms with van der Waals surface area (Å²) in [6.45, 7) is 6.03. The summed E-state index contributed by atoms with van der Waals surface area (Å²) in [5, 5.41) is 0.626. The van der Waals surface area contributed by atoms with E-state index >= 15 is 0 Å². The zero-order chi connectivity index (χ0) is 15.5. The maximum atomic E-state index is 12.5. The Morgan fingerprint density at radius 1 is 1.09 bits per heavy atom. The van der Waals surface area contributed by atoms with Crippen molar-refractivity contribution < 1.29 is 4.79 Å². The third kappa shape index (κ3) is 3.64. The standard InChI is InChI=1S/C18H25ClN2O/c1-14-5-7-17(8-6-14)20-9-11-21(12-10-20)18(22)15-3-2-4-16(19)13-15/h2-4,13-14,17H,5-12H2,1H3. The molecule has 4 heteroatoms. The van der Waals surface area contributed by atoms with Gasteiger partial charge < -0.3 is 4.90 Å². The van der Waals surface area contributed by atoms with Gasteiger partial charge in [-0.15, -0.1) is 0 Å². The number of nitrogens with zero attached hydrogens (tertiary/aromatic N) is 2. The van der Waals surface area contributed by atoms with Crippen LogP contribution in [0, 0.1) is 5.92 Å². The molecule has 1 aromatic carbocycles. The monoisotopic (exact) mass is 320 g/mol. The molecule has 22 heavy (non-hydrogen) atoms. The van der Waals surface area contributed by atoms with Crippen LogP contribution in [0.5, 0.6) is 0 Å². The molecule has 1 heterocycles. The predicted octanol–water partition coefficient (Wildman–Crippen LogP) is 3.68. The van der Waals surface area contributed by atoms with Crippen LogP contribution in [0.15, 0.2) is 24.3 Å². The van der Waals surface area contributed by atoms with Gasteiger partial charge in [0.1, 0.15) is 0 Å². The van der Waals surface area contributed by atoms with Gasteiger partial charge in [0.05, 0.1) is 0 Å². The Hall–Kier alpha value is -1.06. The summed E-state index contributed by atoms with van der Waals surface area (Å²) < 4.78 is 0. The van der Waals surface area contributed by atoms with Gasteiger partial charge in [-0.2, -0.15) is 0 Å². The minimum Gasteiger partial charge on any atom is -0.336 e. The summed E-state index contributed by atoms with van der Waals surface area (Å²) in [4.78, 5) is 17.1. The second-order valence-corrected chi connectivity index (χ2v) is 7.19. The van der Waals surface area contributed by atoms with Crippen LogP contribution in [0.4, 0.5) is 0 Å². The van der Waals surface area contributed by atoms with Crippen LogP contribution in [0.3, 0.4) is 0 Å². The maximum absolute atomic E-state index is 12.5. The lowest BCUT2D eigenvalue weighted by Gasteiger charge is -2.41. The normalized spacial score (nSPS) is 26.9. The molecule has 1 amide bonds. The van der Waals surface area contributed by atoms with Crippen molar-refractivity contribution in [1.82, 2.24) is 9.80 Å². The highest BCUT2D eigenvalue weighted by Gasteiger charge is 2.28. The summed E-state index contributed by atoms with van der Waals surface area (Å²) in [6.07, 6.45) is 5.35. The highest BCUT2D eigenvalue weighted by molar-refractivity contribution is 6.30. The van der Waals surface area contributed by atoms with E-state index < -0.39 is 0 Å². The van der Waals surface area contributed by atoms with Gasteiger partial charge in [0, 0.05) is 42.8 Å². The number of hydrogen-bond donors (Lipinski definition) is 0. The highest BCUT2D eigenvalue weighted by atomic mass is 35.5. The number of rotatable bonds is 2. The zero-order valence-corrected chi connectivity index (χ0v) is 14.1. The van der Waals surface area contributed by atoms with Gasteiger partial charge in [-0.1, -0.05) is 24.6 Å². The van der Waals surface area contributed by atoms with Gasteiger partial charge in [-0.3, -0.25) is 9.69 Å². The third-order valence-electron chi connectivity index (χ3n) is 5.17. The molecule has 0 spiro atoms. The van der Waals surface area contributed by atoms with Crippen molar-refractivity contribution in [3.05, 3.63) is 34.9 Å². The number of amides is 1. The van der Waals surface area contributed by atoms with Gasteiger partial charge in [-0.25, -0.2) is 0 Å². The lowest BCUT2D eigenvalue weighted by Crippen LogP contribution is -2.52. The number of piperazine rings is 1. The van der Waals surface area contributed by atoms with Crippen molar-refractivity contribution in [2.45, 2.75) is 38.6 Å². The van der Waals surface area contributed by atoms with E-state index in [-0.39, 0.29) is 5.91 Å². The first-order valence-corrected chi connectivity index (χ1v) is 8.80. The molecular weight excluding hydrogens is 296 g/mol. The van der Waals surface area contributed by atoms with Gasteiger partial charge in [-0.05, 0) is 49.8 Å². The van der Waals surface area contributed by atoms with Crippen LogP contribution in [-0.4, -0.2) is 47.9 Å². The Bertz CT molecular complexity index is 518. The molecule has 120 valence electrons. The second-order valence-electron chi connectivity index (χ2n) is 6.75. The number of carbonyl (C=O) groups is 1. The SMILES string of the molecule is CC1CCC(N2CCN(C(=O)c3cccc(Cl)c3)CC2)CC1. The van der Waals surface area contributed by atoms with Gasteiger partial charge in [0.15, 0.2) is 0 Å². The number of carbonyl (C=O) groups excluding carboxylic acids is 1. The second kappa shape index (κ2) is 7.01. The first-order chi connectivity index (χ1) is 10.6. The minimum absolute atomic E-state index is 0.111. The first kappa shape index (κ1) is 15.8. The molecule has 0 aromatic heterocycles. The topological polar surface area (TPSA) is 23.6 Å². The Morgan fingerprint density at radius 3 is 2.41 bits per heavy atom. The molecule has 3 nitrogen and oxygen atoms in total. The fourth-order valence-electron chi connectivity index (χ4n) is 3.70. The molecular formula is C18H25ClN2O. The van der Waals surface area contributed by atoms with E-state index in [9.17, 15) is 4.79 Å². The lowest BCUT2D eigenvalue weighted by molar-refractivity contribution is 0.0501. The van der Waals surface area contributed by atoms with E-state index in [0.29, 0.717) is 10.6 Å². The predicted molar refractivity (Wildman–Crippen MR) is 90.3 cm³/mol. The molecule has 1 aromatic rings.